The van der Waals surface area contributed by atoms with Crippen LogP contribution in [0, 0.1) is 0 Å². The van der Waals surface area contributed by atoms with E-state index in [0.717, 1.165) is 32.2 Å². The molecule has 1 fully saturated rings. The highest BCUT2D eigenvalue weighted by Gasteiger charge is 2.21. The van der Waals surface area contributed by atoms with Gasteiger partial charge in [-0.05, 0) is 58.6 Å². The minimum absolute atomic E-state index is 0.108. The van der Waals surface area contributed by atoms with E-state index in [9.17, 15) is 0 Å². The van der Waals surface area contributed by atoms with Crippen molar-refractivity contribution in [3.63, 3.8) is 0 Å². The molecule has 4 N–H and O–H groups in total. The van der Waals surface area contributed by atoms with E-state index in [2.05, 4.69) is 16.6 Å². The standard InChI is InChI=1S/C12H27BN2O2.C2H6O/c1-12(14,6-2-3-8-13(16)17)7-11-15-9-4-5-10-15;1-3-2/h16-17H,2-11,14H2,1H3;1-2H3. The minimum Gasteiger partial charge on any atom is -0.427 e. The molecule has 5 nitrogen and oxygen atoms in total. The molecule has 6 heteroatoms. The summed E-state index contributed by atoms with van der Waals surface area (Å²) in [6.07, 6.45) is 6.94. The molecule has 1 atom stereocenters. The number of ether oxygens (including phenoxy) is 1. The molecule has 0 amide bonds. The summed E-state index contributed by atoms with van der Waals surface area (Å²) in [5.74, 6) is 0. The second-order valence-corrected chi connectivity index (χ2v) is 6.09. The van der Waals surface area contributed by atoms with Gasteiger partial charge in [0.25, 0.3) is 0 Å². The van der Waals surface area contributed by atoms with Crippen LogP contribution in [0.15, 0.2) is 0 Å². The molecule has 0 aliphatic carbocycles. The number of hydrogen-bond acceptors (Lipinski definition) is 5. The van der Waals surface area contributed by atoms with Crippen molar-refractivity contribution in [3.8, 4) is 0 Å². The molecule has 120 valence electrons. The highest BCUT2D eigenvalue weighted by atomic mass is 16.4. The Kier molecular flexibility index (Phi) is 11.4. The van der Waals surface area contributed by atoms with Gasteiger partial charge in [0.05, 0.1) is 0 Å². The van der Waals surface area contributed by atoms with Gasteiger partial charge in [0.1, 0.15) is 0 Å². The van der Waals surface area contributed by atoms with E-state index in [0.29, 0.717) is 6.32 Å². The third-order valence-electron chi connectivity index (χ3n) is 3.66. The zero-order valence-electron chi connectivity index (χ0n) is 13.5. The van der Waals surface area contributed by atoms with E-state index >= 15 is 0 Å². The Balaban J connectivity index is 0.00000110. The van der Waals surface area contributed by atoms with E-state index < -0.39 is 7.12 Å². The van der Waals surface area contributed by atoms with Crippen molar-refractivity contribution in [1.82, 2.24) is 4.90 Å². The zero-order chi connectivity index (χ0) is 15.4. The fourth-order valence-corrected chi connectivity index (χ4v) is 2.40. The predicted molar refractivity (Wildman–Crippen MR) is 84.7 cm³/mol. The Hall–Kier alpha value is -0.135. The highest BCUT2D eigenvalue weighted by molar-refractivity contribution is 6.40. The summed E-state index contributed by atoms with van der Waals surface area (Å²) in [6.45, 7) is 5.67. The van der Waals surface area contributed by atoms with E-state index in [1.807, 2.05) is 0 Å². The van der Waals surface area contributed by atoms with E-state index in [4.69, 9.17) is 15.8 Å². The smallest absolute Gasteiger partial charge is 0.427 e. The molecule has 0 radical (unpaired) electrons. The summed E-state index contributed by atoms with van der Waals surface area (Å²) in [6, 6.07) is 0. The summed E-state index contributed by atoms with van der Waals surface area (Å²) in [7, 11) is 2.09. The average molecular weight is 288 g/mol. The number of rotatable bonds is 8. The van der Waals surface area contributed by atoms with Gasteiger partial charge in [-0.25, -0.2) is 0 Å². The second kappa shape index (κ2) is 11.5. The fraction of sp³-hybridized carbons (Fsp3) is 1.00. The van der Waals surface area contributed by atoms with Crippen LogP contribution < -0.4 is 5.73 Å². The first-order valence-electron chi connectivity index (χ1n) is 7.69. The lowest BCUT2D eigenvalue weighted by molar-refractivity contribution is 0.277. The molecule has 0 aromatic carbocycles. The van der Waals surface area contributed by atoms with Gasteiger partial charge in [0.2, 0.25) is 0 Å². The maximum absolute atomic E-state index is 8.75. The fourth-order valence-electron chi connectivity index (χ4n) is 2.40. The van der Waals surface area contributed by atoms with Gasteiger partial charge in [-0.15, -0.1) is 0 Å². The van der Waals surface area contributed by atoms with Gasteiger partial charge >= 0.3 is 7.12 Å². The Morgan fingerprint density at radius 1 is 1.15 bits per heavy atom. The van der Waals surface area contributed by atoms with Crippen molar-refractivity contribution in [2.75, 3.05) is 33.9 Å². The normalized spacial score (nSPS) is 18.3. The number of unbranched alkanes of at least 4 members (excludes halogenated alkanes) is 1. The van der Waals surface area contributed by atoms with Crippen LogP contribution in [0.2, 0.25) is 6.32 Å². The van der Waals surface area contributed by atoms with Crippen molar-refractivity contribution >= 4 is 7.12 Å². The summed E-state index contributed by atoms with van der Waals surface area (Å²) in [5.41, 5.74) is 6.15. The Bertz CT molecular complexity index is 222. The van der Waals surface area contributed by atoms with Gasteiger partial charge in [-0.1, -0.05) is 12.8 Å². The summed E-state index contributed by atoms with van der Waals surface area (Å²) < 4.78 is 4.25. The monoisotopic (exact) mass is 288 g/mol. The molecule has 1 aliphatic heterocycles. The molecule has 0 bridgehead atoms. The number of methoxy groups -OCH3 is 1. The third kappa shape index (κ3) is 11.7. The number of hydrogen-bond donors (Lipinski definition) is 3. The van der Waals surface area contributed by atoms with Crippen LogP contribution in [-0.4, -0.2) is 61.5 Å². The number of likely N-dealkylation sites (tertiary alicyclic amines) is 1. The molecule has 1 heterocycles. The van der Waals surface area contributed by atoms with E-state index in [1.54, 1.807) is 14.2 Å². The molecule has 0 aromatic heterocycles. The summed E-state index contributed by atoms with van der Waals surface area (Å²) >= 11 is 0. The molecule has 0 saturated carbocycles. The highest BCUT2D eigenvalue weighted by Crippen LogP contribution is 2.18. The van der Waals surface area contributed by atoms with Crippen LogP contribution in [0.5, 0.6) is 0 Å². The molecule has 0 aromatic rings. The van der Waals surface area contributed by atoms with E-state index in [1.165, 1.54) is 25.9 Å². The van der Waals surface area contributed by atoms with Gasteiger partial charge in [-0.3, -0.25) is 0 Å². The topological polar surface area (TPSA) is 79.0 Å². The predicted octanol–water partition coefficient (Wildman–Crippen LogP) is 1.10. The van der Waals surface area contributed by atoms with Crippen molar-refractivity contribution in [3.05, 3.63) is 0 Å². The van der Waals surface area contributed by atoms with Crippen molar-refractivity contribution in [2.24, 2.45) is 5.73 Å². The van der Waals surface area contributed by atoms with Crippen molar-refractivity contribution in [1.29, 1.82) is 0 Å². The average Bonchev–Trinajstić information content (AvgIpc) is 2.86. The maximum atomic E-state index is 8.75. The van der Waals surface area contributed by atoms with Gasteiger partial charge < -0.3 is 25.4 Å². The summed E-state index contributed by atoms with van der Waals surface area (Å²) in [4.78, 5) is 2.49. The van der Waals surface area contributed by atoms with Crippen LogP contribution >= 0.6 is 0 Å². The van der Waals surface area contributed by atoms with E-state index in [-0.39, 0.29) is 5.54 Å². The van der Waals surface area contributed by atoms with Crippen LogP contribution in [0.1, 0.15) is 45.4 Å². The molecule has 1 saturated heterocycles. The molecule has 0 spiro atoms. The largest absolute Gasteiger partial charge is 0.451 e. The number of nitrogens with two attached hydrogens (primary N) is 1. The third-order valence-corrected chi connectivity index (χ3v) is 3.66. The van der Waals surface area contributed by atoms with Gasteiger partial charge in [0, 0.05) is 19.8 Å². The lowest BCUT2D eigenvalue weighted by Gasteiger charge is -2.27. The molecule has 1 aliphatic rings. The number of nitrogens with zero attached hydrogens (tertiary/aromatic N) is 1. The Morgan fingerprint density at radius 3 is 2.20 bits per heavy atom. The maximum Gasteiger partial charge on any atom is 0.451 e. The second-order valence-electron chi connectivity index (χ2n) is 6.09. The zero-order valence-corrected chi connectivity index (χ0v) is 13.5. The quantitative estimate of drug-likeness (QED) is 0.460. The van der Waals surface area contributed by atoms with Crippen molar-refractivity contribution in [2.45, 2.75) is 57.3 Å². The first kappa shape index (κ1) is 19.9. The molecular formula is C14H33BN2O3. The lowest BCUT2D eigenvalue weighted by atomic mass is 9.82. The Morgan fingerprint density at radius 2 is 1.70 bits per heavy atom. The molecule has 1 rings (SSSR count). The lowest BCUT2D eigenvalue weighted by Crippen LogP contribution is -2.39. The SMILES string of the molecule is CC(N)(CCCCB(O)O)CCN1CCCC1.COC. The minimum atomic E-state index is -1.16. The van der Waals surface area contributed by atoms with Crippen LogP contribution in [-0.2, 0) is 4.74 Å². The van der Waals surface area contributed by atoms with Crippen molar-refractivity contribution < 1.29 is 14.8 Å². The first-order valence-corrected chi connectivity index (χ1v) is 7.69. The molecular weight excluding hydrogens is 255 g/mol. The van der Waals surface area contributed by atoms with Gasteiger partial charge in [0.15, 0.2) is 0 Å². The first-order chi connectivity index (χ1) is 9.41. The van der Waals surface area contributed by atoms with Crippen LogP contribution in [0.3, 0.4) is 0 Å². The Labute approximate surface area is 124 Å². The summed E-state index contributed by atoms with van der Waals surface area (Å²) in [5, 5.41) is 17.5. The van der Waals surface area contributed by atoms with Crippen LogP contribution in [0.4, 0.5) is 0 Å². The molecule has 20 heavy (non-hydrogen) atoms. The van der Waals surface area contributed by atoms with Crippen LogP contribution in [0.25, 0.3) is 0 Å². The molecule has 1 unspecified atom stereocenters. The van der Waals surface area contributed by atoms with Gasteiger partial charge in [-0.2, -0.15) is 0 Å².